The predicted octanol–water partition coefficient (Wildman–Crippen LogP) is 2.35. The van der Waals surface area contributed by atoms with Crippen LogP contribution in [-0.4, -0.2) is 65.1 Å². The highest BCUT2D eigenvalue weighted by Crippen LogP contribution is 2.19. The van der Waals surface area contributed by atoms with Crippen LogP contribution in [0.4, 0.5) is 0 Å². The Morgan fingerprint density at radius 3 is 2.31 bits per heavy atom. The Kier molecular flexibility index (Phi) is 9.34. The van der Waals surface area contributed by atoms with Crippen molar-refractivity contribution in [2.75, 3.05) is 27.2 Å². The van der Waals surface area contributed by atoms with E-state index in [1.165, 1.54) is 10.9 Å². The van der Waals surface area contributed by atoms with E-state index in [-0.39, 0.29) is 11.3 Å². The summed E-state index contributed by atoms with van der Waals surface area (Å²) < 4.78 is 0. The van der Waals surface area contributed by atoms with Gasteiger partial charge in [0.15, 0.2) is 0 Å². The first-order valence-electron chi connectivity index (χ1n) is 9.44. The summed E-state index contributed by atoms with van der Waals surface area (Å²) >= 11 is 0. The van der Waals surface area contributed by atoms with E-state index in [0.29, 0.717) is 6.42 Å². The van der Waals surface area contributed by atoms with Gasteiger partial charge in [0, 0.05) is 36.6 Å². The van der Waals surface area contributed by atoms with Crippen LogP contribution < -0.4 is 5.32 Å². The molecular weight excluding hydrogens is 374 g/mol. The molecular formula is C21H31N3O5. The number of nitrogens with zero attached hydrogens (tertiary/aromatic N) is 1. The number of aromatic nitrogens is 1. The van der Waals surface area contributed by atoms with Gasteiger partial charge in [0.1, 0.15) is 0 Å². The van der Waals surface area contributed by atoms with E-state index >= 15 is 0 Å². The molecule has 0 radical (unpaired) electrons. The minimum Gasteiger partial charge on any atom is -0.473 e. The molecule has 0 aliphatic rings. The third kappa shape index (κ3) is 9.25. The zero-order valence-electron chi connectivity index (χ0n) is 17.5. The maximum absolute atomic E-state index is 12.0. The average molecular weight is 405 g/mol. The number of aliphatic carboxylic acids is 2. The highest BCUT2D eigenvalue weighted by Gasteiger charge is 2.19. The minimum absolute atomic E-state index is 0.0933. The van der Waals surface area contributed by atoms with Crippen molar-refractivity contribution in [1.82, 2.24) is 15.2 Å². The largest absolute Gasteiger partial charge is 0.473 e. The van der Waals surface area contributed by atoms with Gasteiger partial charge in [0.2, 0.25) is 5.91 Å². The molecule has 1 heterocycles. The molecule has 0 atom stereocenters. The molecule has 0 fully saturated rings. The van der Waals surface area contributed by atoms with E-state index in [1.807, 2.05) is 6.07 Å². The molecule has 0 aliphatic carbocycles. The molecule has 29 heavy (non-hydrogen) atoms. The molecule has 160 valence electrons. The lowest BCUT2D eigenvalue weighted by atomic mass is 9.93. The Hall–Kier alpha value is -2.87. The van der Waals surface area contributed by atoms with Crippen LogP contribution in [0.15, 0.2) is 30.5 Å². The zero-order chi connectivity index (χ0) is 22.0. The molecule has 4 N–H and O–H groups in total. The number of hydrogen-bond acceptors (Lipinski definition) is 4. The lowest BCUT2D eigenvalue weighted by Gasteiger charge is -2.28. The van der Waals surface area contributed by atoms with Gasteiger partial charge < -0.3 is 25.4 Å². The van der Waals surface area contributed by atoms with E-state index in [0.717, 1.165) is 31.4 Å². The maximum Gasteiger partial charge on any atom is 0.414 e. The van der Waals surface area contributed by atoms with Gasteiger partial charge >= 0.3 is 11.9 Å². The van der Waals surface area contributed by atoms with Crippen molar-refractivity contribution in [2.24, 2.45) is 5.41 Å². The van der Waals surface area contributed by atoms with Gasteiger partial charge in [-0.15, -0.1) is 0 Å². The molecule has 2 rings (SSSR count). The Morgan fingerprint density at radius 2 is 1.72 bits per heavy atom. The second kappa shape index (κ2) is 11.2. The third-order valence-corrected chi connectivity index (χ3v) is 4.22. The summed E-state index contributed by atoms with van der Waals surface area (Å²) in [7, 11) is 4.12. The number of H-pyrrole nitrogens is 1. The van der Waals surface area contributed by atoms with Crippen molar-refractivity contribution in [1.29, 1.82) is 0 Å². The molecule has 0 aliphatic heterocycles. The van der Waals surface area contributed by atoms with E-state index in [9.17, 15) is 4.79 Å². The number of carbonyl (C=O) groups excluding carboxylic acids is 1. The number of carbonyl (C=O) groups is 3. The molecule has 0 spiro atoms. The van der Waals surface area contributed by atoms with Crippen molar-refractivity contribution in [3.05, 3.63) is 36.0 Å². The first kappa shape index (κ1) is 24.2. The van der Waals surface area contributed by atoms with Crippen LogP contribution in [0.2, 0.25) is 0 Å². The number of benzene rings is 1. The third-order valence-electron chi connectivity index (χ3n) is 4.22. The number of amides is 1. The van der Waals surface area contributed by atoms with Crippen LogP contribution in [0.3, 0.4) is 0 Å². The summed E-state index contributed by atoms with van der Waals surface area (Å²) in [6, 6.07) is 8.30. The Morgan fingerprint density at radius 1 is 1.10 bits per heavy atom. The molecule has 0 saturated heterocycles. The van der Waals surface area contributed by atoms with Crippen LogP contribution in [0, 0.1) is 5.41 Å². The summed E-state index contributed by atoms with van der Waals surface area (Å²) in [4.78, 5) is 35.7. The van der Waals surface area contributed by atoms with Crippen molar-refractivity contribution < 1.29 is 24.6 Å². The number of rotatable bonds is 8. The number of nitrogens with one attached hydrogen (secondary N) is 2. The van der Waals surface area contributed by atoms with Crippen LogP contribution in [0.25, 0.3) is 10.9 Å². The number of fused-ring (bicyclic) bond motifs is 1. The van der Waals surface area contributed by atoms with Crippen LogP contribution in [0.1, 0.15) is 32.3 Å². The predicted molar refractivity (Wildman–Crippen MR) is 112 cm³/mol. The van der Waals surface area contributed by atoms with Gasteiger partial charge in [-0.25, -0.2) is 9.59 Å². The van der Waals surface area contributed by atoms with E-state index in [4.69, 9.17) is 19.8 Å². The fourth-order valence-electron chi connectivity index (χ4n) is 3.12. The summed E-state index contributed by atoms with van der Waals surface area (Å²) in [5.41, 5.74) is 2.55. The smallest absolute Gasteiger partial charge is 0.414 e. The standard InChI is InChI=1S/C19H29N3O.C2H2O4/c1-19(2,14-22(3)4)13-21-18(23)11-7-8-15-12-20-17-10-6-5-9-16(15)17;3-1(4)2(5)6/h5-6,9-10,12,20H,7-8,11,13-14H2,1-4H3,(H,21,23);(H,3,4)(H,5,6). The van der Waals surface area contributed by atoms with E-state index in [1.54, 1.807) is 0 Å². The first-order valence-corrected chi connectivity index (χ1v) is 9.44. The monoisotopic (exact) mass is 405 g/mol. The second-order valence-electron chi connectivity index (χ2n) is 8.00. The number of carboxylic acid groups (broad SMARTS) is 2. The van der Waals surface area contributed by atoms with Crippen LogP contribution in [0.5, 0.6) is 0 Å². The number of aryl methyl sites for hydroxylation is 1. The van der Waals surface area contributed by atoms with Crippen molar-refractivity contribution in [3.8, 4) is 0 Å². The molecule has 0 bridgehead atoms. The quantitative estimate of drug-likeness (QED) is 0.500. The molecule has 1 aromatic carbocycles. The summed E-state index contributed by atoms with van der Waals surface area (Å²) in [5, 5.41) is 19.1. The highest BCUT2D eigenvalue weighted by atomic mass is 16.4. The fraction of sp³-hybridized carbons (Fsp3) is 0.476. The number of aromatic amines is 1. The van der Waals surface area contributed by atoms with Crippen molar-refractivity contribution >= 4 is 28.7 Å². The molecule has 8 heteroatoms. The SMILES string of the molecule is CN(C)CC(C)(C)CNC(=O)CCCc1c[nH]c2ccccc12.O=C(O)C(=O)O. The van der Waals surface area contributed by atoms with Gasteiger partial charge in [0.25, 0.3) is 0 Å². The average Bonchev–Trinajstić information content (AvgIpc) is 3.03. The number of para-hydroxylation sites is 1. The Balaban J connectivity index is 0.000000612. The second-order valence-corrected chi connectivity index (χ2v) is 8.00. The molecule has 8 nitrogen and oxygen atoms in total. The Labute approximate surface area is 170 Å². The van der Waals surface area contributed by atoms with Crippen molar-refractivity contribution in [2.45, 2.75) is 33.1 Å². The molecule has 1 amide bonds. The maximum atomic E-state index is 12.0. The minimum atomic E-state index is -1.82. The summed E-state index contributed by atoms with van der Waals surface area (Å²) in [5.74, 6) is -3.50. The molecule has 1 aromatic heterocycles. The highest BCUT2D eigenvalue weighted by molar-refractivity contribution is 6.27. The van der Waals surface area contributed by atoms with Gasteiger partial charge in [-0.05, 0) is 44.0 Å². The zero-order valence-corrected chi connectivity index (χ0v) is 17.5. The summed E-state index contributed by atoms with van der Waals surface area (Å²) in [6.45, 7) is 6.04. The van der Waals surface area contributed by atoms with Crippen LogP contribution in [-0.2, 0) is 20.8 Å². The summed E-state index contributed by atoms with van der Waals surface area (Å²) in [6.07, 6.45) is 4.45. The van der Waals surface area contributed by atoms with E-state index < -0.39 is 11.9 Å². The van der Waals surface area contributed by atoms with E-state index in [2.05, 4.69) is 67.5 Å². The lowest BCUT2D eigenvalue weighted by molar-refractivity contribution is -0.159. The number of carboxylic acids is 2. The normalized spacial score (nSPS) is 11.1. The van der Waals surface area contributed by atoms with Gasteiger partial charge in [-0.1, -0.05) is 32.0 Å². The topological polar surface area (TPSA) is 123 Å². The van der Waals surface area contributed by atoms with Gasteiger partial charge in [-0.3, -0.25) is 4.79 Å². The first-order chi connectivity index (χ1) is 13.5. The fourth-order valence-corrected chi connectivity index (χ4v) is 3.12. The molecule has 2 aromatic rings. The van der Waals surface area contributed by atoms with Crippen LogP contribution >= 0.6 is 0 Å². The van der Waals surface area contributed by atoms with Gasteiger partial charge in [-0.2, -0.15) is 0 Å². The van der Waals surface area contributed by atoms with Crippen molar-refractivity contribution in [3.63, 3.8) is 0 Å². The Bertz CT molecular complexity index is 815. The number of hydrogen-bond donors (Lipinski definition) is 4. The van der Waals surface area contributed by atoms with Gasteiger partial charge in [0.05, 0.1) is 0 Å². The molecule has 0 saturated carbocycles. The molecule has 0 unspecified atom stereocenters. The lowest BCUT2D eigenvalue weighted by Crippen LogP contribution is -2.39.